The first-order valence-corrected chi connectivity index (χ1v) is 4.29. The fraction of sp³-hybridized carbons (Fsp3) is 0.111. The van der Waals surface area contributed by atoms with E-state index < -0.39 is 0 Å². The predicted molar refractivity (Wildman–Crippen MR) is 46.5 cm³/mol. The molecule has 0 saturated heterocycles. The molecular formula is C9H7FS. The third-order valence-corrected chi connectivity index (χ3v) is 2.71. The lowest BCUT2D eigenvalue weighted by molar-refractivity contribution is 0.641. The standard InChI is InChI=1S/C9H7FS/c1-6-2-3-8(10)9-7(6)4-5-11-9/h2-5H,1H3. The van der Waals surface area contributed by atoms with E-state index in [4.69, 9.17) is 0 Å². The zero-order chi connectivity index (χ0) is 7.84. The first-order chi connectivity index (χ1) is 5.29. The Balaban J connectivity index is 2.96. The summed E-state index contributed by atoms with van der Waals surface area (Å²) in [6.07, 6.45) is 0. The fourth-order valence-electron chi connectivity index (χ4n) is 1.17. The Bertz CT molecular complexity index is 353. The maximum atomic E-state index is 13.0. The molecule has 2 rings (SSSR count). The van der Waals surface area contributed by atoms with Crippen molar-refractivity contribution in [1.82, 2.24) is 0 Å². The molecule has 0 fully saturated rings. The maximum Gasteiger partial charge on any atom is 0.141 e. The molecule has 0 radical (unpaired) electrons. The molecule has 2 aromatic rings. The fourth-order valence-corrected chi connectivity index (χ4v) is 2.05. The Hall–Kier alpha value is -0.890. The van der Waals surface area contributed by atoms with Gasteiger partial charge in [0.25, 0.3) is 0 Å². The lowest BCUT2D eigenvalue weighted by atomic mass is 10.1. The number of aryl methyl sites for hydroxylation is 1. The van der Waals surface area contributed by atoms with Crippen LogP contribution in [0.1, 0.15) is 5.56 Å². The van der Waals surface area contributed by atoms with Crippen molar-refractivity contribution in [2.24, 2.45) is 0 Å². The molecule has 56 valence electrons. The van der Waals surface area contributed by atoms with Gasteiger partial charge in [-0.05, 0) is 35.4 Å². The van der Waals surface area contributed by atoms with E-state index in [0.29, 0.717) is 0 Å². The first-order valence-electron chi connectivity index (χ1n) is 3.41. The van der Waals surface area contributed by atoms with Gasteiger partial charge in [0.2, 0.25) is 0 Å². The van der Waals surface area contributed by atoms with Crippen molar-refractivity contribution in [1.29, 1.82) is 0 Å². The molecule has 0 atom stereocenters. The molecule has 0 N–H and O–H groups in total. The van der Waals surface area contributed by atoms with Crippen LogP contribution in [0.5, 0.6) is 0 Å². The zero-order valence-electron chi connectivity index (χ0n) is 6.10. The van der Waals surface area contributed by atoms with E-state index in [1.807, 2.05) is 24.4 Å². The summed E-state index contributed by atoms with van der Waals surface area (Å²) >= 11 is 1.45. The molecule has 1 heterocycles. The third-order valence-electron chi connectivity index (χ3n) is 1.79. The molecule has 1 aromatic heterocycles. The molecule has 0 aliphatic rings. The Kier molecular flexibility index (Phi) is 1.43. The molecule has 0 amide bonds. The zero-order valence-corrected chi connectivity index (χ0v) is 6.91. The van der Waals surface area contributed by atoms with E-state index in [1.165, 1.54) is 17.4 Å². The Morgan fingerprint density at radius 3 is 2.82 bits per heavy atom. The van der Waals surface area contributed by atoms with Gasteiger partial charge in [0.05, 0.1) is 4.70 Å². The van der Waals surface area contributed by atoms with Crippen LogP contribution in [0.3, 0.4) is 0 Å². The summed E-state index contributed by atoms with van der Waals surface area (Å²) in [6, 6.07) is 5.29. The van der Waals surface area contributed by atoms with Gasteiger partial charge in [-0.2, -0.15) is 0 Å². The highest BCUT2D eigenvalue weighted by molar-refractivity contribution is 7.17. The van der Waals surface area contributed by atoms with E-state index in [2.05, 4.69) is 0 Å². The van der Waals surface area contributed by atoms with Crippen LogP contribution < -0.4 is 0 Å². The van der Waals surface area contributed by atoms with Crippen LogP contribution in [0.4, 0.5) is 4.39 Å². The van der Waals surface area contributed by atoms with Gasteiger partial charge in [0, 0.05) is 0 Å². The maximum absolute atomic E-state index is 13.0. The second-order valence-electron chi connectivity index (χ2n) is 2.53. The van der Waals surface area contributed by atoms with Crippen molar-refractivity contribution in [3.8, 4) is 0 Å². The molecule has 1 aromatic carbocycles. The molecule has 0 nitrogen and oxygen atoms in total. The Labute approximate surface area is 68.3 Å². The van der Waals surface area contributed by atoms with Gasteiger partial charge < -0.3 is 0 Å². The van der Waals surface area contributed by atoms with Crippen molar-refractivity contribution >= 4 is 21.4 Å². The minimum atomic E-state index is -0.111. The Morgan fingerprint density at radius 1 is 1.27 bits per heavy atom. The number of fused-ring (bicyclic) bond motifs is 1. The number of thiophene rings is 1. The van der Waals surface area contributed by atoms with Gasteiger partial charge in [-0.3, -0.25) is 0 Å². The number of halogens is 1. The van der Waals surface area contributed by atoms with E-state index in [9.17, 15) is 4.39 Å². The van der Waals surface area contributed by atoms with Gasteiger partial charge in [-0.25, -0.2) is 4.39 Å². The van der Waals surface area contributed by atoms with E-state index >= 15 is 0 Å². The highest BCUT2D eigenvalue weighted by Crippen LogP contribution is 2.26. The van der Waals surface area contributed by atoms with Crippen LogP contribution in [0, 0.1) is 12.7 Å². The van der Waals surface area contributed by atoms with Crippen LogP contribution in [-0.2, 0) is 0 Å². The van der Waals surface area contributed by atoms with Crippen LogP contribution >= 0.6 is 11.3 Å². The molecule has 0 aliphatic carbocycles. The molecule has 0 spiro atoms. The van der Waals surface area contributed by atoms with Crippen LogP contribution in [0.25, 0.3) is 10.1 Å². The first kappa shape index (κ1) is 6.80. The lowest BCUT2D eigenvalue weighted by Crippen LogP contribution is -1.76. The van der Waals surface area contributed by atoms with Crippen molar-refractivity contribution in [2.75, 3.05) is 0 Å². The van der Waals surface area contributed by atoms with Crippen LogP contribution in [0.15, 0.2) is 23.6 Å². The quantitative estimate of drug-likeness (QED) is 0.563. The second kappa shape index (κ2) is 2.31. The van der Waals surface area contributed by atoms with Gasteiger partial charge >= 0.3 is 0 Å². The Morgan fingerprint density at radius 2 is 2.09 bits per heavy atom. The average Bonchev–Trinajstić information content (AvgIpc) is 2.45. The van der Waals surface area contributed by atoms with E-state index in [-0.39, 0.29) is 5.82 Å². The topological polar surface area (TPSA) is 0 Å². The van der Waals surface area contributed by atoms with Crippen molar-refractivity contribution < 1.29 is 4.39 Å². The summed E-state index contributed by atoms with van der Waals surface area (Å²) in [6.45, 7) is 1.99. The van der Waals surface area contributed by atoms with Crippen molar-refractivity contribution in [3.63, 3.8) is 0 Å². The average molecular weight is 166 g/mol. The van der Waals surface area contributed by atoms with Crippen molar-refractivity contribution in [3.05, 3.63) is 35.0 Å². The minimum Gasteiger partial charge on any atom is -0.205 e. The van der Waals surface area contributed by atoms with Crippen molar-refractivity contribution in [2.45, 2.75) is 6.92 Å². The summed E-state index contributed by atoms with van der Waals surface area (Å²) in [4.78, 5) is 0. The highest BCUT2D eigenvalue weighted by atomic mass is 32.1. The predicted octanol–water partition coefficient (Wildman–Crippen LogP) is 3.35. The van der Waals surface area contributed by atoms with Crippen LogP contribution in [-0.4, -0.2) is 0 Å². The molecule has 0 aliphatic heterocycles. The largest absolute Gasteiger partial charge is 0.205 e. The molecule has 0 unspecified atom stereocenters. The minimum absolute atomic E-state index is 0.111. The number of hydrogen-bond donors (Lipinski definition) is 0. The van der Waals surface area contributed by atoms with Gasteiger partial charge in [-0.15, -0.1) is 11.3 Å². The second-order valence-corrected chi connectivity index (χ2v) is 3.44. The normalized spacial score (nSPS) is 10.7. The smallest absolute Gasteiger partial charge is 0.141 e. The number of benzene rings is 1. The summed E-state index contributed by atoms with van der Waals surface area (Å²) in [5, 5.41) is 2.95. The summed E-state index contributed by atoms with van der Waals surface area (Å²) in [5.41, 5.74) is 1.14. The van der Waals surface area contributed by atoms with E-state index in [0.717, 1.165) is 15.6 Å². The van der Waals surface area contributed by atoms with Gasteiger partial charge in [0.1, 0.15) is 5.82 Å². The molecular weight excluding hydrogens is 159 g/mol. The third kappa shape index (κ3) is 0.942. The summed E-state index contributed by atoms with van der Waals surface area (Å²) < 4.78 is 13.8. The summed E-state index contributed by atoms with van der Waals surface area (Å²) in [7, 11) is 0. The monoisotopic (exact) mass is 166 g/mol. The lowest BCUT2D eigenvalue weighted by Gasteiger charge is -1.95. The molecule has 0 saturated carbocycles. The molecule has 2 heteroatoms. The van der Waals surface area contributed by atoms with Gasteiger partial charge in [0.15, 0.2) is 0 Å². The SMILES string of the molecule is Cc1ccc(F)c2sccc12. The number of hydrogen-bond acceptors (Lipinski definition) is 1. The molecule has 11 heavy (non-hydrogen) atoms. The van der Waals surface area contributed by atoms with Gasteiger partial charge in [-0.1, -0.05) is 6.07 Å². The molecule has 0 bridgehead atoms. The highest BCUT2D eigenvalue weighted by Gasteiger charge is 2.02. The van der Waals surface area contributed by atoms with E-state index in [1.54, 1.807) is 0 Å². The van der Waals surface area contributed by atoms with Crippen LogP contribution in [0.2, 0.25) is 0 Å². The summed E-state index contributed by atoms with van der Waals surface area (Å²) in [5.74, 6) is -0.111. The number of rotatable bonds is 0.